The Morgan fingerprint density at radius 3 is 2.65 bits per heavy atom. The molecule has 0 bridgehead atoms. The molecule has 168 valence electrons. The molecule has 0 saturated heterocycles. The molecule has 1 aliphatic heterocycles. The van der Waals surface area contributed by atoms with Gasteiger partial charge >= 0.3 is 0 Å². The van der Waals surface area contributed by atoms with E-state index in [0.717, 1.165) is 44.9 Å². The Balaban J connectivity index is 1.55. The fraction of sp³-hybridized carbons (Fsp3) is 0.154. The van der Waals surface area contributed by atoms with Crippen LogP contribution in [0.15, 0.2) is 69.9 Å². The molecule has 34 heavy (non-hydrogen) atoms. The van der Waals surface area contributed by atoms with E-state index in [1.807, 2.05) is 60.7 Å². The smallest absolute Gasteiger partial charge is 0.291 e. The number of rotatable bonds is 4. The summed E-state index contributed by atoms with van der Waals surface area (Å²) in [5.41, 5.74) is 2.60. The van der Waals surface area contributed by atoms with Crippen molar-refractivity contribution in [3.63, 3.8) is 0 Å². The fourth-order valence-electron chi connectivity index (χ4n) is 4.48. The average Bonchev–Trinajstić information content (AvgIpc) is 3.47. The van der Waals surface area contributed by atoms with E-state index < -0.39 is 0 Å². The first kappa shape index (κ1) is 21.2. The van der Waals surface area contributed by atoms with Gasteiger partial charge in [0.05, 0.1) is 11.3 Å². The van der Waals surface area contributed by atoms with E-state index in [9.17, 15) is 9.59 Å². The molecule has 1 aliphatic rings. The highest BCUT2D eigenvalue weighted by Gasteiger charge is 2.34. The molecule has 0 radical (unpaired) electrons. The fourth-order valence-corrected chi connectivity index (χ4v) is 5.84. The minimum absolute atomic E-state index is 0.141. The number of carbonyl (C=O) groups excluding carboxylic acids is 1. The summed E-state index contributed by atoms with van der Waals surface area (Å²) in [4.78, 5) is 33.8. The van der Waals surface area contributed by atoms with Gasteiger partial charge in [-0.15, -0.1) is 5.10 Å². The van der Waals surface area contributed by atoms with E-state index in [-0.39, 0.29) is 11.5 Å². The largest absolute Gasteiger partial charge is 0.308 e. The van der Waals surface area contributed by atoms with Crippen LogP contribution in [-0.2, 0) is 4.79 Å². The van der Waals surface area contributed by atoms with Crippen LogP contribution in [0.5, 0.6) is 0 Å². The van der Waals surface area contributed by atoms with Gasteiger partial charge < -0.3 is 4.90 Å². The molecule has 0 atom stereocenters. The van der Waals surface area contributed by atoms with E-state index in [1.165, 1.54) is 15.9 Å². The van der Waals surface area contributed by atoms with Crippen LogP contribution in [0.1, 0.15) is 25.3 Å². The number of halogens is 1. The number of aromatic nitrogens is 3. The zero-order valence-electron chi connectivity index (χ0n) is 18.3. The van der Waals surface area contributed by atoms with Gasteiger partial charge in [-0.1, -0.05) is 83.1 Å². The highest BCUT2D eigenvalue weighted by Crippen LogP contribution is 2.37. The van der Waals surface area contributed by atoms with Gasteiger partial charge in [0.1, 0.15) is 4.53 Å². The molecule has 0 saturated carbocycles. The van der Waals surface area contributed by atoms with Gasteiger partial charge in [-0.2, -0.15) is 9.50 Å². The molecular weight excluding hydrogens is 512 g/mol. The number of unbranched alkanes of at least 4 members (excludes halogenated alkanes) is 1. The van der Waals surface area contributed by atoms with Crippen LogP contribution in [0, 0.1) is 0 Å². The van der Waals surface area contributed by atoms with Gasteiger partial charge in [-0.05, 0) is 35.4 Å². The molecule has 0 aliphatic carbocycles. The Bertz CT molecular complexity index is 1720. The van der Waals surface area contributed by atoms with Crippen LogP contribution in [0.2, 0.25) is 0 Å². The van der Waals surface area contributed by atoms with Gasteiger partial charge in [0.2, 0.25) is 4.96 Å². The first-order valence-corrected chi connectivity index (χ1v) is 12.7. The van der Waals surface area contributed by atoms with Crippen molar-refractivity contribution in [2.75, 3.05) is 11.4 Å². The third-order valence-corrected chi connectivity index (χ3v) is 7.65. The van der Waals surface area contributed by atoms with E-state index in [1.54, 1.807) is 4.90 Å². The molecule has 0 unspecified atom stereocenters. The SMILES string of the molecule is CCCCN1C(=O)/C(=c2\sc3nc(-c4cccc5ccccc45)nn3c2=O)c2cc(Br)ccc21. The van der Waals surface area contributed by atoms with Crippen molar-refractivity contribution in [1.82, 2.24) is 14.6 Å². The first-order valence-electron chi connectivity index (χ1n) is 11.1. The van der Waals surface area contributed by atoms with Crippen molar-refractivity contribution in [2.24, 2.45) is 0 Å². The van der Waals surface area contributed by atoms with Crippen molar-refractivity contribution >= 4 is 60.2 Å². The lowest BCUT2D eigenvalue weighted by molar-refractivity contribution is -0.113. The van der Waals surface area contributed by atoms with E-state index in [4.69, 9.17) is 0 Å². The lowest BCUT2D eigenvalue weighted by Gasteiger charge is -2.16. The van der Waals surface area contributed by atoms with E-state index >= 15 is 0 Å². The molecule has 5 aromatic rings. The van der Waals surface area contributed by atoms with Crippen molar-refractivity contribution in [3.05, 3.63) is 85.6 Å². The zero-order valence-corrected chi connectivity index (χ0v) is 20.7. The summed E-state index contributed by atoms with van der Waals surface area (Å²) in [5, 5.41) is 6.66. The number of anilines is 1. The normalized spacial score (nSPS) is 15.0. The maximum absolute atomic E-state index is 13.5. The van der Waals surface area contributed by atoms with Crippen LogP contribution >= 0.6 is 27.3 Å². The maximum Gasteiger partial charge on any atom is 0.291 e. The molecule has 3 heterocycles. The van der Waals surface area contributed by atoms with Gasteiger partial charge in [-0.25, -0.2) is 0 Å². The topological polar surface area (TPSA) is 67.6 Å². The van der Waals surface area contributed by atoms with Crippen molar-refractivity contribution in [2.45, 2.75) is 19.8 Å². The molecule has 0 spiro atoms. The number of fused-ring (bicyclic) bond motifs is 3. The molecule has 8 heteroatoms. The summed E-state index contributed by atoms with van der Waals surface area (Å²) in [5.74, 6) is 0.361. The predicted molar refractivity (Wildman–Crippen MR) is 139 cm³/mol. The zero-order chi connectivity index (χ0) is 23.4. The monoisotopic (exact) mass is 530 g/mol. The molecule has 2 aromatic heterocycles. The van der Waals surface area contributed by atoms with Crippen LogP contribution < -0.4 is 15.0 Å². The summed E-state index contributed by atoms with van der Waals surface area (Å²) in [6.07, 6.45) is 1.87. The van der Waals surface area contributed by atoms with Crippen LogP contribution in [0.4, 0.5) is 5.69 Å². The third-order valence-electron chi connectivity index (χ3n) is 6.13. The third kappa shape index (κ3) is 3.20. The molecule has 3 aromatic carbocycles. The van der Waals surface area contributed by atoms with Gasteiger partial charge in [0, 0.05) is 22.1 Å². The summed E-state index contributed by atoms with van der Waals surface area (Å²) in [6.45, 7) is 2.71. The molecular formula is C26H19BrN4O2S. The van der Waals surface area contributed by atoms with Crippen LogP contribution in [0.3, 0.4) is 0 Å². The second kappa shape index (κ2) is 8.14. The van der Waals surface area contributed by atoms with Crippen molar-refractivity contribution in [3.8, 4) is 11.4 Å². The quantitative estimate of drug-likeness (QED) is 0.334. The Kier molecular flexibility index (Phi) is 5.08. The number of benzene rings is 3. The van der Waals surface area contributed by atoms with Gasteiger partial charge in [-0.3, -0.25) is 9.59 Å². The van der Waals surface area contributed by atoms with Crippen LogP contribution in [-0.4, -0.2) is 27.0 Å². The second-order valence-corrected chi connectivity index (χ2v) is 10.1. The minimum atomic E-state index is -0.314. The van der Waals surface area contributed by atoms with Crippen LogP contribution in [0.25, 0.3) is 32.7 Å². The number of hydrogen-bond donors (Lipinski definition) is 0. The molecule has 6 nitrogen and oxygen atoms in total. The summed E-state index contributed by atoms with van der Waals surface area (Å²) in [6, 6.07) is 19.7. The lowest BCUT2D eigenvalue weighted by Crippen LogP contribution is -2.33. The minimum Gasteiger partial charge on any atom is -0.308 e. The van der Waals surface area contributed by atoms with E-state index in [0.29, 0.717) is 27.4 Å². The number of carbonyl (C=O) groups is 1. The Labute approximate surface area is 207 Å². The highest BCUT2D eigenvalue weighted by atomic mass is 79.9. The lowest BCUT2D eigenvalue weighted by atomic mass is 10.0. The second-order valence-electron chi connectivity index (χ2n) is 8.24. The predicted octanol–water partition coefficient (Wildman–Crippen LogP) is 4.80. The maximum atomic E-state index is 13.5. The highest BCUT2D eigenvalue weighted by molar-refractivity contribution is 9.10. The Morgan fingerprint density at radius 2 is 1.82 bits per heavy atom. The van der Waals surface area contributed by atoms with Gasteiger partial charge in [0.15, 0.2) is 5.82 Å². The van der Waals surface area contributed by atoms with Crippen molar-refractivity contribution in [1.29, 1.82) is 0 Å². The number of thiazole rings is 1. The average molecular weight is 531 g/mol. The molecule has 6 rings (SSSR count). The molecule has 1 amide bonds. The standard InChI is InChI=1S/C26H19BrN4O2S/c1-2-3-13-30-20-12-11-16(27)14-19(20)21(24(30)32)22-25(33)31-26(34-22)28-23(29-31)18-10-6-8-15-7-4-5-9-17(15)18/h4-12,14H,2-3,13H2,1H3/b22-21-. The molecule has 0 N–H and O–H groups in total. The number of nitrogens with zero attached hydrogens (tertiary/aromatic N) is 4. The Morgan fingerprint density at radius 1 is 1.00 bits per heavy atom. The molecule has 0 fully saturated rings. The van der Waals surface area contributed by atoms with Gasteiger partial charge in [0.25, 0.3) is 11.5 Å². The number of hydrogen-bond acceptors (Lipinski definition) is 5. The summed E-state index contributed by atoms with van der Waals surface area (Å²) in [7, 11) is 0. The first-order chi connectivity index (χ1) is 16.6. The summed E-state index contributed by atoms with van der Waals surface area (Å²) < 4.78 is 2.56. The van der Waals surface area contributed by atoms with E-state index in [2.05, 4.69) is 32.9 Å². The summed E-state index contributed by atoms with van der Waals surface area (Å²) >= 11 is 4.73. The number of amides is 1. The Hall–Kier alpha value is -3.36. The van der Waals surface area contributed by atoms with Crippen molar-refractivity contribution < 1.29 is 4.79 Å².